The minimum Gasteiger partial charge on any atom is -0.481 e. The molecular formula is C13H22N2O3. The number of hydrogen-bond acceptors (Lipinski definition) is 3. The Labute approximate surface area is 107 Å². The number of nitrogens with one attached hydrogen (secondary N) is 2. The summed E-state index contributed by atoms with van der Waals surface area (Å²) in [4.78, 5) is 22.0. The zero-order valence-corrected chi connectivity index (χ0v) is 10.7. The molecule has 0 aromatic rings. The van der Waals surface area contributed by atoms with Crippen molar-refractivity contribution in [1.82, 2.24) is 10.6 Å². The van der Waals surface area contributed by atoms with Gasteiger partial charge in [-0.2, -0.15) is 0 Å². The second kappa shape index (κ2) is 6.18. The molecule has 0 aliphatic carbocycles. The summed E-state index contributed by atoms with van der Waals surface area (Å²) in [5, 5.41) is 14.9. The Morgan fingerprint density at radius 2 is 1.89 bits per heavy atom. The molecule has 102 valence electrons. The van der Waals surface area contributed by atoms with Crippen molar-refractivity contribution in [3.63, 3.8) is 0 Å². The van der Waals surface area contributed by atoms with Crippen molar-refractivity contribution >= 4 is 11.9 Å². The van der Waals surface area contributed by atoms with Crippen molar-refractivity contribution in [2.24, 2.45) is 5.92 Å². The average Bonchev–Trinajstić information content (AvgIpc) is 2.64. The van der Waals surface area contributed by atoms with Gasteiger partial charge in [0.2, 0.25) is 5.91 Å². The first kappa shape index (κ1) is 13.3. The van der Waals surface area contributed by atoms with Gasteiger partial charge in [-0.05, 0) is 38.0 Å². The lowest BCUT2D eigenvalue weighted by Gasteiger charge is -2.28. The van der Waals surface area contributed by atoms with Crippen LogP contribution in [0.5, 0.6) is 0 Å². The highest BCUT2D eigenvalue weighted by atomic mass is 16.4. The van der Waals surface area contributed by atoms with Crippen LogP contribution in [0.3, 0.4) is 0 Å². The number of carbonyl (C=O) groups is 2. The molecule has 2 atom stereocenters. The summed E-state index contributed by atoms with van der Waals surface area (Å²) >= 11 is 0. The first-order valence-electron chi connectivity index (χ1n) is 6.88. The number of fused-ring (bicyclic) bond motifs is 2. The van der Waals surface area contributed by atoms with Gasteiger partial charge in [-0.15, -0.1) is 0 Å². The van der Waals surface area contributed by atoms with E-state index in [9.17, 15) is 9.59 Å². The monoisotopic (exact) mass is 254 g/mol. The Balaban J connectivity index is 1.61. The van der Waals surface area contributed by atoms with Crippen molar-refractivity contribution < 1.29 is 14.7 Å². The topological polar surface area (TPSA) is 78.4 Å². The van der Waals surface area contributed by atoms with E-state index < -0.39 is 5.97 Å². The summed E-state index contributed by atoms with van der Waals surface area (Å²) < 4.78 is 0. The van der Waals surface area contributed by atoms with E-state index in [0.29, 0.717) is 37.4 Å². The standard InChI is InChI=1S/C13H22N2O3/c16-12(14-5-1-2-13(17)18)8-9-6-10-3-4-11(7-9)15-10/h9-11,15H,1-8H2,(H,14,16)(H,17,18). The van der Waals surface area contributed by atoms with Gasteiger partial charge in [0.1, 0.15) is 0 Å². The summed E-state index contributed by atoms with van der Waals surface area (Å²) in [5.74, 6) is -0.228. The van der Waals surface area contributed by atoms with Gasteiger partial charge in [0.15, 0.2) is 0 Å². The summed E-state index contributed by atoms with van der Waals surface area (Å²) in [7, 11) is 0. The van der Waals surface area contributed by atoms with Gasteiger partial charge in [-0.25, -0.2) is 0 Å². The van der Waals surface area contributed by atoms with Crippen LogP contribution in [0.25, 0.3) is 0 Å². The number of hydrogen-bond donors (Lipinski definition) is 3. The molecule has 18 heavy (non-hydrogen) atoms. The lowest BCUT2D eigenvalue weighted by atomic mass is 9.89. The molecule has 2 unspecified atom stereocenters. The molecule has 2 rings (SSSR count). The van der Waals surface area contributed by atoms with Crippen LogP contribution in [0.2, 0.25) is 0 Å². The SMILES string of the molecule is O=C(O)CCCNC(=O)CC1CC2CCC(C1)N2. The highest BCUT2D eigenvalue weighted by molar-refractivity contribution is 5.76. The molecule has 0 radical (unpaired) electrons. The lowest BCUT2D eigenvalue weighted by Crippen LogP contribution is -2.39. The molecule has 3 N–H and O–H groups in total. The predicted molar refractivity (Wildman–Crippen MR) is 67.2 cm³/mol. The number of aliphatic carboxylic acids is 1. The summed E-state index contributed by atoms with van der Waals surface area (Å²) in [6.45, 7) is 0.475. The fourth-order valence-corrected chi connectivity index (χ4v) is 3.14. The van der Waals surface area contributed by atoms with Gasteiger partial charge in [0.25, 0.3) is 0 Å². The molecule has 5 heteroatoms. The van der Waals surface area contributed by atoms with Gasteiger partial charge in [0.05, 0.1) is 0 Å². The van der Waals surface area contributed by atoms with Crippen LogP contribution in [0.4, 0.5) is 0 Å². The molecule has 2 bridgehead atoms. The molecular weight excluding hydrogens is 232 g/mol. The quantitative estimate of drug-likeness (QED) is 0.615. The average molecular weight is 254 g/mol. The molecule has 2 saturated heterocycles. The molecule has 0 aromatic heterocycles. The minimum absolute atomic E-state index is 0.0756. The molecule has 5 nitrogen and oxygen atoms in total. The van der Waals surface area contributed by atoms with Crippen molar-refractivity contribution in [2.75, 3.05) is 6.54 Å². The van der Waals surface area contributed by atoms with E-state index >= 15 is 0 Å². The summed E-state index contributed by atoms with van der Waals surface area (Å²) in [5.41, 5.74) is 0. The Morgan fingerprint density at radius 3 is 2.50 bits per heavy atom. The first-order chi connectivity index (χ1) is 8.63. The third-order valence-electron chi connectivity index (χ3n) is 3.93. The number of carboxylic acid groups (broad SMARTS) is 1. The van der Waals surface area contributed by atoms with Crippen molar-refractivity contribution in [2.45, 2.75) is 57.0 Å². The number of rotatable bonds is 6. The van der Waals surface area contributed by atoms with Crippen LogP contribution in [-0.2, 0) is 9.59 Å². The second-order valence-corrected chi connectivity index (χ2v) is 5.53. The fourth-order valence-electron chi connectivity index (χ4n) is 3.14. The Morgan fingerprint density at radius 1 is 1.22 bits per heavy atom. The number of amides is 1. The maximum absolute atomic E-state index is 11.7. The molecule has 1 amide bonds. The van der Waals surface area contributed by atoms with Crippen molar-refractivity contribution in [1.29, 1.82) is 0 Å². The molecule has 0 saturated carbocycles. The lowest BCUT2D eigenvalue weighted by molar-refractivity contribution is -0.137. The van der Waals surface area contributed by atoms with E-state index in [4.69, 9.17) is 5.11 Å². The molecule has 2 heterocycles. The Kier molecular flexibility index (Phi) is 4.58. The van der Waals surface area contributed by atoms with Gasteiger partial charge in [0, 0.05) is 31.5 Å². The zero-order valence-electron chi connectivity index (χ0n) is 10.7. The van der Waals surface area contributed by atoms with Gasteiger partial charge in [-0.1, -0.05) is 0 Å². The third-order valence-corrected chi connectivity index (χ3v) is 3.93. The molecule has 0 aromatic carbocycles. The maximum Gasteiger partial charge on any atom is 0.303 e. The van der Waals surface area contributed by atoms with Crippen LogP contribution in [0, 0.1) is 5.92 Å². The highest BCUT2D eigenvalue weighted by Crippen LogP contribution is 2.32. The Hall–Kier alpha value is -1.10. The first-order valence-corrected chi connectivity index (χ1v) is 6.88. The van der Waals surface area contributed by atoms with E-state index in [-0.39, 0.29) is 12.3 Å². The van der Waals surface area contributed by atoms with Crippen molar-refractivity contribution in [3.8, 4) is 0 Å². The molecule has 0 spiro atoms. The number of piperidine rings is 1. The number of carboxylic acids is 1. The van der Waals surface area contributed by atoms with Crippen molar-refractivity contribution in [3.05, 3.63) is 0 Å². The largest absolute Gasteiger partial charge is 0.481 e. The summed E-state index contributed by atoms with van der Waals surface area (Å²) in [6.07, 6.45) is 5.96. The van der Waals surface area contributed by atoms with Crippen LogP contribution in [0.15, 0.2) is 0 Å². The van der Waals surface area contributed by atoms with Gasteiger partial charge in [-0.3, -0.25) is 9.59 Å². The van der Waals surface area contributed by atoms with E-state index in [1.165, 1.54) is 12.8 Å². The van der Waals surface area contributed by atoms with E-state index in [1.54, 1.807) is 0 Å². The third kappa shape index (κ3) is 3.98. The number of carbonyl (C=O) groups excluding carboxylic acids is 1. The molecule has 2 fully saturated rings. The Bertz CT molecular complexity index is 307. The van der Waals surface area contributed by atoms with Crippen LogP contribution in [0.1, 0.15) is 44.9 Å². The van der Waals surface area contributed by atoms with Crippen LogP contribution in [-0.4, -0.2) is 35.6 Å². The maximum atomic E-state index is 11.7. The van der Waals surface area contributed by atoms with Crippen LogP contribution >= 0.6 is 0 Å². The van der Waals surface area contributed by atoms with Gasteiger partial charge < -0.3 is 15.7 Å². The smallest absolute Gasteiger partial charge is 0.303 e. The second-order valence-electron chi connectivity index (χ2n) is 5.53. The molecule has 2 aliphatic heterocycles. The molecule has 2 aliphatic rings. The van der Waals surface area contributed by atoms with E-state index in [1.807, 2.05) is 0 Å². The highest BCUT2D eigenvalue weighted by Gasteiger charge is 2.33. The normalized spacial score (nSPS) is 30.1. The predicted octanol–water partition coefficient (Wildman–Crippen LogP) is 0.888. The fraction of sp³-hybridized carbons (Fsp3) is 0.846. The van der Waals surface area contributed by atoms with Gasteiger partial charge >= 0.3 is 5.97 Å². The van der Waals surface area contributed by atoms with E-state index in [2.05, 4.69) is 10.6 Å². The summed E-state index contributed by atoms with van der Waals surface area (Å²) in [6, 6.07) is 1.24. The van der Waals surface area contributed by atoms with Crippen LogP contribution < -0.4 is 10.6 Å². The van der Waals surface area contributed by atoms with E-state index in [0.717, 1.165) is 12.8 Å². The zero-order chi connectivity index (χ0) is 13.0. The minimum atomic E-state index is -0.806.